The van der Waals surface area contributed by atoms with Crippen molar-refractivity contribution in [2.45, 2.75) is 11.5 Å². The fourth-order valence-corrected chi connectivity index (χ4v) is 2.68. The lowest BCUT2D eigenvalue weighted by atomic mass is 10.2. The lowest BCUT2D eigenvalue weighted by Gasteiger charge is -2.11. The summed E-state index contributed by atoms with van der Waals surface area (Å²) >= 11 is 3.36. The van der Waals surface area contributed by atoms with Gasteiger partial charge in [0.15, 0.2) is 0 Å². The van der Waals surface area contributed by atoms with E-state index in [9.17, 15) is 8.42 Å². The Morgan fingerprint density at radius 1 is 1.19 bits per heavy atom. The van der Waals surface area contributed by atoms with E-state index in [1.54, 1.807) is 0 Å². The second kappa shape index (κ2) is 6.46. The summed E-state index contributed by atoms with van der Waals surface area (Å²) in [6.45, 7) is 0.306. The second-order valence-corrected chi connectivity index (χ2v) is 7.12. The van der Waals surface area contributed by atoms with E-state index in [0.29, 0.717) is 18.0 Å². The van der Waals surface area contributed by atoms with E-state index < -0.39 is 10.0 Å². The monoisotopic (exact) mass is 370 g/mol. The fourth-order valence-electron chi connectivity index (χ4n) is 1.67. The van der Waals surface area contributed by atoms with Crippen molar-refractivity contribution in [1.82, 2.24) is 4.72 Å². The molecule has 0 aliphatic carbocycles. The van der Waals surface area contributed by atoms with E-state index in [2.05, 4.69) is 20.7 Å². The van der Waals surface area contributed by atoms with E-state index in [0.717, 1.165) is 10.0 Å². The zero-order valence-electron chi connectivity index (χ0n) is 11.3. The fraction of sp³-hybridized carbons (Fsp3) is 0.143. The van der Waals surface area contributed by atoms with Crippen LogP contribution in [0.5, 0.6) is 5.75 Å². The highest BCUT2D eigenvalue weighted by molar-refractivity contribution is 9.10. The SMILES string of the molecule is CNS(=O)(=O)c1ccc(N)c(OCc2ccc(Br)cc2)c1. The number of nitrogen functional groups attached to an aromatic ring is 1. The van der Waals surface area contributed by atoms with Crippen LogP contribution in [0, 0.1) is 0 Å². The molecule has 7 heteroatoms. The average molecular weight is 371 g/mol. The zero-order chi connectivity index (χ0) is 15.5. The van der Waals surface area contributed by atoms with Crippen LogP contribution in [0.25, 0.3) is 0 Å². The van der Waals surface area contributed by atoms with Crippen molar-refractivity contribution in [2.75, 3.05) is 12.8 Å². The summed E-state index contributed by atoms with van der Waals surface area (Å²) in [5.41, 5.74) is 7.16. The minimum Gasteiger partial charge on any atom is -0.487 e. The predicted octanol–water partition coefficient (Wildman–Crippen LogP) is 2.52. The van der Waals surface area contributed by atoms with Crippen LogP contribution >= 0.6 is 15.9 Å². The summed E-state index contributed by atoms with van der Waals surface area (Å²) < 4.78 is 32.4. The van der Waals surface area contributed by atoms with Crippen molar-refractivity contribution < 1.29 is 13.2 Å². The molecule has 0 amide bonds. The Kier molecular flexibility index (Phi) is 4.87. The Bertz CT molecular complexity index is 730. The predicted molar refractivity (Wildman–Crippen MR) is 85.6 cm³/mol. The highest BCUT2D eigenvalue weighted by Gasteiger charge is 2.13. The Morgan fingerprint density at radius 2 is 1.86 bits per heavy atom. The van der Waals surface area contributed by atoms with Gasteiger partial charge in [-0.25, -0.2) is 13.1 Å². The lowest BCUT2D eigenvalue weighted by molar-refractivity contribution is 0.307. The molecule has 0 saturated heterocycles. The molecule has 0 radical (unpaired) electrons. The van der Waals surface area contributed by atoms with Crippen LogP contribution in [0.1, 0.15) is 5.56 Å². The van der Waals surface area contributed by atoms with E-state index in [1.165, 1.54) is 25.2 Å². The molecule has 5 nitrogen and oxygen atoms in total. The summed E-state index contributed by atoms with van der Waals surface area (Å²) in [5.74, 6) is 0.342. The van der Waals surface area contributed by atoms with Gasteiger partial charge in [0.1, 0.15) is 12.4 Å². The number of nitrogens with two attached hydrogens (primary N) is 1. The quantitative estimate of drug-likeness (QED) is 0.792. The molecule has 0 atom stereocenters. The molecule has 0 aromatic heterocycles. The molecule has 3 N–H and O–H groups in total. The van der Waals surface area contributed by atoms with Gasteiger partial charge in [0, 0.05) is 10.5 Å². The molecule has 112 valence electrons. The van der Waals surface area contributed by atoms with Crippen molar-refractivity contribution in [1.29, 1.82) is 0 Å². The normalized spacial score (nSPS) is 11.3. The van der Waals surface area contributed by atoms with Crippen LogP contribution in [0.3, 0.4) is 0 Å². The summed E-state index contributed by atoms with van der Waals surface area (Å²) in [5, 5.41) is 0. The van der Waals surface area contributed by atoms with E-state index in [1.807, 2.05) is 24.3 Å². The second-order valence-electron chi connectivity index (χ2n) is 4.32. The molecule has 0 bridgehead atoms. The summed E-state index contributed by atoms with van der Waals surface area (Å²) in [4.78, 5) is 0.116. The van der Waals surface area contributed by atoms with Crippen molar-refractivity contribution in [3.8, 4) is 5.75 Å². The number of ether oxygens (including phenoxy) is 1. The van der Waals surface area contributed by atoms with Crippen molar-refractivity contribution in [3.63, 3.8) is 0 Å². The van der Waals surface area contributed by atoms with Crippen LogP contribution in [-0.2, 0) is 16.6 Å². The van der Waals surface area contributed by atoms with E-state index in [-0.39, 0.29) is 4.90 Å². The molecule has 2 aromatic rings. The van der Waals surface area contributed by atoms with Gasteiger partial charge in [-0.05, 0) is 36.9 Å². The number of halogens is 1. The number of rotatable bonds is 5. The number of anilines is 1. The summed E-state index contributed by atoms with van der Waals surface area (Å²) in [6, 6.07) is 12.0. The maximum absolute atomic E-state index is 11.8. The standard InChI is InChI=1S/C14H15BrN2O3S/c1-17-21(18,19)12-6-7-13(16)14(8-12)20-9-10-2-4-11(15)5-3-10/h2-8,17H,9,16H2,1H3. The van der Waals surface area contributed by atoms with Crippen molar-refractivity contribution in [2.24, 2.45) is 0 Å². The highest BCUT2D eigenvalue weighted by atomic mass is 79.9. The molecule has 21 heavy (non-hydrogen) atoms. The number of sulfonamides is 1. The number of benzene rings is 2. The third-order valence-electron chi connectivity index (χ3n) is 2.87. The zero-order valence-corrected chi connectivity index (χ0v) is 13.7. The van der Waals surface area contributed by atoms with Gasteiger partial charge in [0.05, 0.1) is 10.6 Å². The first-order valence-electron chi connectivity index (χ1n) is 6.12. The van der Waals surface area contributed by atoms with Gasteiger partial charge in [-0.2, -0.15) is 0 Å². The van der Waals surface area contributed by atoms with Gasteiger partial charge in [-0.3, -0.25) is 0 Å². The first-order chi connectivity index (χ1) is 9.92. The number of hydrogen-bond acceptors (Lipinski definition) is 4. The van der Waals surface area contributed by atoms with Gasteiger partial charge in [0.2, 0.25) is 10.0 Å². The van der Waals surface area contributed by atoms with Crippen LogP contribution in [0.15, 0.2) is 51.8 Å². The molecular formula is C14H15BrN2O3S. The van der Waals surface area contributed by atoms with Gasteiger partial charge >= 0.3 is 0 Å². The maximum atomic E-state index is 11.8. The largest absolute Gasteiger partial charge is 0.487 e. The van der Waals surface area contributed by atoms with Crippen LogP contribution in [-0.4, -0.2) is 15.5 Å². The van der Waals surface area contributed by atoms with Crippen LogP contribution < -0.4 is 15.2 Å². The third-order valence-corrected chi connectivity index (χ3v) is 4.81. The Morgan fingerprint density at radius 3 is 2.48 bits per heavy atom. The minimum absolute atomic E-state index is 0.116. The molecule has 2 rings (SSSR count). The van der Waals surface area contributed by atoms with Gasteiger partial charge in [-0.1, -0.05) is 28.1 Å². The smallest absolute Gasteiger partial charge is 0.240 e. The van der Waals surface area contributed by atoms with Crippen LogP contribution in [0.4, 0.5) is 5.69 Å². The molecule has 0 unspecified atom stereocenters. The first kappa shape index (κ1) is 15.8. The van der Waals surface area contributed by atoms with Crippen molar-refractivity contribution >= 4 is 31.6 Å². The van der Waals surface area contributed by atoms with Crippen LogP contribution in [0.2, 0.25) is 0 Å². The molecule has 2 aromatic carbocycles. The summed E-state index contributed by atoms with van der Waals surface area (Å²) in [7, 11) is -2.16. The van der Waals surface area contributed by atoms with Gasteiger partial charge in [-0.15, -0.1) is 0 Å². The Labute approximate surface area is 132 Å². The topological polar surface area (TPSA) is 81.4 Å². The summed E-state index contributed by atoms with van der Waals surface area (Å²) in [6.07, 6.45) is 0. The molecule has 0 aliphatic heterocycles. The highest BCUT2D eigenvalue weighted by Crippen LogP contribution is 2.26. The average Bonchev–Trinajstić information content (AvgIpc) is 2.48. The first-order valence-corrected chi connectivity index (χ1v) is 8.40. The Balaban J connectivity index is 2.20. The van der Waals surface area contributed by atoms with Gasteiger partial charge < -0.3 is 10.5 Å². The molecular weight excluding hydrogens is 356 g/mol. The molecule has 0 saturated carbocycles. The van der Waals surface area contributed by atoms with Crippen molar-refractivity contribution in [3.05, 3.63) is 52.5 Å². The van der Waals surface area contributed by atoms with Gasteiger partial charge in [0.25, 0.3) is 0 Å². The molecule has 0 aliphatic rings. The number of nitrogens with one attached hydrogen (secondary N) is 1. The maximum Gasteiger partial charge on any atom is 0.240 e. The molecule has 0 fully saturated rings. The minimum atomic E-state index is -3.52. The Hall–Kier alpha value is -1.57. The number of hydrogen-bond donors (Lipinski definition) is 2. The lowest BCUT2D eigenvalue weighted by Crippen LogP contribution is -2.18. The molecule has 0 heterocycles. The third kappa shape index (κ3) is 3.96. The molecule has 0 spiro atoms. The van der Waals surface area contributed by atoms with E-state index >= 15 is 0 Å². The van der Waals surface area contributed by atoms with E-state index in [4.69, 9.17) is 10.5 Å².